The predicted octanol–water partition coefficient (Wildman–Crippen LogP) is 4.64. The van der Waals surface area contributed by atoms with Crippen molar-refractivity contribution in [3.63, 3.8) is 0 Å². The largest absolute Gasteiger partial charge is 0.491 e. The van der Waals surface area contributed by atoms with Crippen LogP contribution in [-0.4, -0.2) is 6.61 Å². The first-order valence-electron chi connectivity index (χ1n) is 5.96. The van der Waals surface area contributed by atoms with E-state index in [1.54, 1.807) is 6.92 Å². The molecule has 0 aliphatic carbocycles. The number of ether oxygens (including phenoxy) is 2. The molecule has 0 heterocycles. The molecule has 7 heteroatoms. The molecule has 0 spiro atoms. The first-order chi connectivity index (χ1) is 9.92. The fourth-order valence-electron chi connectivity index (χ4n) is 1.63. The van der Waals surface area contributed by atoms with E-state index in [2.05, 4.69) is 15.9 Å². The Bertz CT molecular complexity index is 680. The second kappa shape index (κ2) is 6.26. The lowest BCUT2D eigenvalue weighted by Gasteiger charge is -2.12. The van der Waals surface area contributed by atoms with E-state index in [1.807, 2.05) is 0 Å². The zero-order valence-electron chi connectivity index (χ0n) is 10.9. The van der Waals surface area contributed by atoms with Crippen LogP contribution in [0.3, 0.4) is 0 Å². The van der Waals surface area contributed by atoms with Gasteiger partial charge in [-0.3, -0.25) is 0 Å². The van der Waals surface area contributed by atoms with E-state index < -0.39 is 17.5 Å². The van der Waals surface area contributed by atoms with Gasteiger partial charge in [0.15, 0.2) is 28.9 Å². The summed E-state index contributed by atoms with van der Waals surface area (Å²) < 4.78 is 51.1. The summed E-state index contributed by atoms with van der Waals surface area (Å²) in [5.41, 5.74) is 5.55. The third-order valence-electron chi connectivity index (χ3n) is 2.54. The summed E-state index contributed by atoms with van der Waals surface area (Å²) in [5, 5.41) is 0. The highest BCUT2D eigenvalue weighted by molar-refractivity contribution is 9.10. The van der Waals surface area contributed by atoms with Crippen LogP contribution in [0.1, 0.15) is 6.92 Å². The van der Waals surface area contributed by atoms with Crippen molar-refractivity contribution in [1.82, 2.24) is 0 Å². The summed E-state index contributed by atoms with van der Waals surface area (Å²) >= 11 is 3.03. The molecule has 2 aromatic rings. The molecule has 0 radical (unpaired) electrons. The van der Waals surface area contributed by atoms with E-state index in [0.717, 1.165) is 12.1 Å². The molecule has 112 valence electrons. The van der Waals surface area contributed by atoms with Gasteiger partial charge in [-0.15, -0.1) is 0 Å². The molecular formula is C14H11BrF3NO2. The van der Waals surface area contributed by atoms with Gasteiger partial charge in [-0.1, -0.05) is 15.9 Å². The van der Waals surface area contributed by atoms with E-state index in [9.17, 15) is 13.2 Å². The minimum atomic E-state index is -1.17. The van der Waals surface area contributed by atoms with Crippen molar-refractivity contribution in [3.8, 4) is 17.2 Å². The number of hydrogen-bond donors (Lipinski definition) is 1. The van der Waals surface area contributed by atoms with Gasteiger partial charge in [-0.05, 0) is 19.1 Å². The molecule has 0 amide bonds. The Morgan fingerprint density at radius 1 is 1.00 bits per heavy atom. The Labute approximate surface area is 127 Å². The maximum absolute atomic E-state index is 13.7. The van der Waals surface area contributed by atoms with Crippen LogP contribution in [0.4, 0.5) is 18.9 Å². The Balaban J connectivity index is 2.42. The number of anilines is 1. The van der Waals surface area contributed by atoms with Crippen LogP contribution < -0.4 is 15.2 Å². The van der Waals surface area contributed by atoms with Crippen molar-refractivity contribution in [1.29, 1.82) is 0 Å². The van der Waals surface area contributed by atoms with Crippen LogP contribution in [0, 0.1) is 17.5 Å². The molecule has 0 unspecified atom stereocenters. The second-order valence-corrected chi connectivity index (χ2v) is 4.97. The summed E-state index contributed by atoms with van der Waals surface area (Å²) in [4.78, 5) is 0. The van der Waals surface area contributed by atoms with Crippen LogP contribution in [0.25, 0.3) is 0 Å². The molecule has 0 fully saturated rings. The molecule has 2 N–H and O–H groups in total. The van der Waals surface area contributed by atoms with E-state index in [4.69, 9.17) is 15.2 Å². The number of halogens is 4. The van der Waals surface area contributed by atoms with Crippen molar-refractivity contribution in [2.75, 3.05) is 12.3 Å². The fourth-order valence-corrected chi connectivity index (χ4v) is 2.04. The molecule has 21 heavy (non-hydrogen) atoms. The standard InChI is InChI=1S/C14H11BrF3NO2/c1-2-20-11-6-12(10(19)5-8(11)16)21-13-4-7(15)3-9(17)14(13)18/h3-6H,2,19H2,1H3. The third-order valence-corrected chi connectivity index (χ3v) is 3.00. The number of nitrogen functional groups attached to an aromatic ring is 1. The monoisotopic (exact) mass is 361 g/mol. The smallest absolute Gasteiger partial charge is 0.201 e. The van der Waals surface area contributed by atoms with Crippen molar-refractivity contribution < 1.29 is 22.6 Å². The lowest BCUT2D eigenvalue weighted by Crippen LogP contribution is -2.00. The summed E-state index contributed by atoms with van der Waals surface area (Å²) in [5.74, 6) is -3.40. The van der Waals surface area contributed by atoms with Gasteiger partial charge in [0.05, 0.1) is 12.3 Å². The van der Waals surface area contributed by atoms with E-state index in [1.165, 1.54) is 12.1 Å². The molecule has 0 atom stereocenters. The number of hydrogen-bond acceptors (Lipinski definition) is 3. The Hall–Kier alpha value is -1.89. The minimum Gasteiger partial charge on any atom is -0.491 e. The Morgan fingerprint density at radius 2 is 1.71 bits per heavy atom. The van der Waals surface area contributed by atoms with Gasteiger partial charge < -0.3 is 15.2 Å². The molecule has 0 saturated heterocycles. The van der Waals surface area contributed by atoms with Gasteiger partial charge in [-0.25, -0.2) is 8.78 Å². The third kappa shape index (κ3) is 3.41. The zero-order valence-corrected chi connectivity index (χ0v) is 12.5. The fraction of sp³-hybridized carbons (Fsp3) is 0.143. The molecule has 0 aliphatic heterocycles. The van der Waals surface area contributed by atoms with Crippen LogP contribution >= 0.6 is 15.9 Å². The van der Waals surface area contributed by atoms with Crippen LogP contribution in [0.5, 0.6) is 17.2 Å². The van der Waals surface area contributed by atoms with Crippen molar-refractivity contribution in [2.24, 2.45) is 0 Å². The second-order valence-electron chi connectivity index (χ2n) is 4.06. The Kier molecular flexibility index (Phi) is 4.62. The predicted molar refractivity (Wildman–Crippen MR) is 76.1 cm³/mol. The van der Waals surface area contributed by atoms with Gasteiger partial charge >= 0.3 is 0 Å². The average Bonchev–Trinajstić information content (AvgIpc) is 2.41. The molecule has 0 aliphatic rings. The zero-order chi connectivity index (χ0) is 15.6. The Morgan fingerprint density at radius 3 is 2.38 bits per heavy atom. The summed E-state index contributed by atoms with van der Waals surface area (Å²) in [6.45, 7) is 1.92. The van der Waals surface area contributed by atoms with Crippen molar-refractivity contribution in [2.45, 2.75) is 6.92 Å². The van der Waals surface area contributed by atoms with Gasteiger partial charge in [0.2, 0.25) is 5.82 Å². The van der Waals surface area contributed by atoms with Gasteiger partial charge in [-0.2, -0.15) is 4.39 Å². The summed E-state index contributed by atoms with van der Waals surface area (Å²) in [6, 6.07) is 4.38. The molecule has 2 rings (SSSR count). The van der Waals surface area contributed by atoms with E-state index in [-0.39, 0.29) is 29.5 Å². The first kappa shape index (κ1) is 15.5. The lowest BCUT2D eigenvalue weighted by molar-refractivity contribution is 0.319. The van der Waals surface area contributed by atoms with E-state index in [0.29, 0.717) is 4.47 Å². The first-order valence-corrected chi connectivity index (χ1v) is 6.76. The molecule has 2 aromatic carbocycles. The maximum atomic E-state index is 13.7. The highest BCUT2D eigenvalue weighted by atomic mass is 79.9. The van der Waals surface area contributed by atoms with Gasteiger partial charge in [0, 0.05) is 16.6 Å². The summed E-state index contributed by atoms with van der Waals surface area (Å²) in [6.07, 6.45) is 0. The van der Waals surface area contributed by atoms with E-state index >= 15 is 0 Å². The van der Waals surface area contributed by atoms with Gasteiger partial charge in [0.25, 0.3) is 0 Å². The maximum Gasteiger partial charge on any atom is 0.201 e. The van der Waals surface area contributed by atoms with Crippen molar-refractivity contribution in [3.05, 3.63) is 46.2 Å². The summed E-state index contributed by atoms with van der Waals surface area (Å²) in [7, 11) is 0. The normalized spacial score (nSPS) is 10.5. The molecule has 0 saturated carbocycles. The quantitative estimate of drug-likeness (QED) is 0.637. The molecular weight excluding hydrogens is 351 g/mol. The minimum absolute atomic E-state index is 0.0312. The number of rotatable bonds is 4. The van der Waals surface area contributed by atoms with Crippen molar-refractivity contribution >= 4 is 21.6 Å². The van der Waals surface area contributed by atoms with Crippen LogP contribution in [-0.2, 0) is 0 Å². The SMILES string of the molecule is CCOc1cc(Oc2cc(Br)cc(F)c2F)c(N)cc1F. The topological polar surface area (TPSA) is 44.5 Å². The lowest BCUT2D eigenvalue weighted by atomic mass is 10.2. The molecule has 0 bridgehead atoms. The highest BCUT2D eigenvalue weighted by Gasteiger charge is 2.16. The van der Waals surface area contributed by atoms with Crippen LogP contribution in [0.2, 0.25) is 0 Å². The van der Waals surface area contributed by atoms with Crippen LogP contribution in [0.15, 0.2) is 28.7 Å². The number of benzene rings is 2. The molecule has 0 aromatic heterocycles. The highest BCUT2D eigenvalue weighted by Crippen LogP contribution is 2.36. The molecule has 3 nitrogen and oxygen atoms in total. The number of nitrogens with two attached hydrogens (primary N) is 1. The average molecular weight is 362 g/mol. The van der Waals surface area contributed by atoms with Gasteiger partial charge in [0.1, 0.15) is 0 Å².